The van der Waals surface area contributed by atoms with Gasteiger partial charge in [0.25, 0.3) is 0 Å². The number of benzene rings is 1. The smallest absolute Gasteiger partial charge is 0.150 e. The lowest BCUT2D eigenvalue weighted by Gasteiger charge is -2.20. The van der Waals surface area contributed by atoms with E-state index in [1.54, 1.807) is 6.92 Å². The molecular weight excluding hydrogens is 338 g/mol. The van der Waals surface area contributed by atoms with Crippen molar-refractivity contribution in [1.29, 1.82) is 0 Å². The van der Waals surface area contributed by atoms with E-state index in [2.05, 4.69) is 47.2 Å². The summed E-state index contributed by atoms with van der Waals surface area (Å²) in [5.74, 6) is 0.687. The van der Waals surface area contributed by atoms with Crippen LogP contribution in [-0.4, -0.2) is 32.5 Å². The highest BCUT2D eigenvalue weighted by Gasteiger charge is 2.16. The van der Waals surface area contributed by atoms with Gasteiger partial charge in [0, 0.05) is 22.8 Å². The molecule has 0 aliphatic carbocycles. The van der Waals surface area contributed by atoms with Crippen LogP contribution in [0.2, 0.25) is 0 Å². The summed E-state index contributed by atoms with van der Waals surface area (Å²) in [6, 6.07) is 8.52. The van der Waals surface area contributed by atoms with Crippen LogP contribution in [0.5, 0.6) is 0 Å². The van der Waals surface area contributed by atoms with Gasteiger partial charge in [0.2, 0.25) is 0 Å². The Hall–Kier alpha value is -0.390. The first-order valence-corrected chi connectivity index (χ1v) is 9.64. The first-order valence-electron chi connectivity index (χ1n) is 7.03. The second-order valence-electron chi connectivity index (χ2n) is 5.34. The van der Waals surface area contributed by atoms with Crippen molar-refractivity contribution >= 4 is 25.8 Å². The van der Waals surface area contributed by atoms with E-state index in [9.17, 15) is 8.42 Å². The first-order chi connectivity index (χ1) is 9.34. The molecule has 0 aliphatic rings. The summed E-state index contributed by atoms with van der Waals surface area (Å²) in [6.45, 7) is 6.70. The molecule has 1 rings (SSSR count). The zero-order valence-corrected chi connectivity index (χ0v) is 14.8. The number of hydrogen-bond donors (Lipinski definition) is 1. The van der Waals surface area contributed by atoms with E-state index in [1.807, 2.05) is 12.1 Å². The molecule has 20 heavy (non-hydrogen) atoms. The molecule has 0 fully saturated rings. The molecule has 1 unspecified atom stereocenters. The standard InChI is InChI=1S/C15H24BrNO2S/c1-4-20(18,19)9-8-14(11-17-12(2)3)13-6-5-7-15(16)10-13/h5-7,10,12,14,17H,4,8-9,11H2,1-3H3. The van der Waals surface area contributed by atoms with Gasteiger partial charge in [-0.15, -0.1) is 0 Å². The topological polar surface area (TPSA) is 46.2 Å². The Morgan fingerprint density at radius 3 is 2.55 bits per heavy atom. The van der Waals surface area contributed by atoms with E-state index in [4.69, 9.17) is 0 Å². The molecule has 0 radical (unpaired) electrons. The maximum atomic E-state index is 11.7. The van der Waals surface area contributed by atoms with Crippen LogP contribution in [0.1, 0.15) is 38.7 Å². The molecule has 1 aromatic carbocycles. The summed E-state index contributed by atoms with van der Waals surface area (Å²) in [7, 11) is -2.91. The average molecular weight is 362 g/mol. The number of nitrogens with one attached hydrogen (secondary N) is 1. The van der Waals surface area contributed by atoms with Crippen molar-refractivity contribution in [1.82, 2.24) is 5.32 Å². The second-order valence-corrected chi connectivity index (χ2v) is 8.73. The van der Waals surface area contributed by atoms with Gasteiger partial charge in [0.15, 0.2) is 0 Å². The first kappa shape index (κ1) is 17.7. The third-order valence-electron chi connectivity index (χ3n) is 3.31. The summed E-state index contributed by atoms with van der Waals surface area (Å²) in [5.41, 5.74) is 1.18. The summed E-state index contributed by atoms with van der Waals surface area (Å²) in [4.78, 5) is 0. The van der Waals surface area contributed by atoms with Gasteiger partial charge in [-0.1, -0.05) is 48.8 Å². The molecule has 0 spiro atoms. The molecule has 0 saturated carbocycles. The third-order valence-corrected chi connectivity index (χ3v) is 5.54. The maximum absolute atomic E-state index is 11.7. The molecule has 0 aromatic heterocycles. The molecule has 0 heterocycles. The molecule has 1 N–H and O–H groups in total. The van der Waals surface area contributed by atoms with Crippen molar-refractivity contribution in [3.8, 4) is 0 Å². The third kappa shape index (κ3) is 6.37. The minimum Gasteiger partial charge on any atom is -0.314 e. The van der Waals surface area contributed by atoms with Gasteiger partial charge in [0.05, 0.1) is 5.75 Å². The van der Waals surface area contributed by atoms with Crippen LogP contribution in [0.25, 0.3) is 0 Å². The van der Waals surface area contributed by atoms with Crippen molar-refractivity contribution in [2.45, 2.75) is 39.2 Å². The molecule has 114 valence electrons. The van der Waals surface area contributed by atoms with E-state index in [1.165, 1.54) is 5.56 Å². The van der Waals surface area contributed by atoms with Gasteiger partial charge in [-0.2, -0.15) is 0 Å². The molecular formula is C15H24BrNO2S. The largest absolute Gasteiger partial charge is 0.314 e. The Morgan fingerprint density at radius 1 is 1.30 bits per heavy atom. The Kier molecular flexibility index (Phi) is 7.20. The number of sulfone groups is 1. The normalized spacial score (nSPS) is 13.7. The van der Waals surface area contributed by atoms with Crippen LogP contribution >= 0.6 is 15.9 Å². The van der Waals surface area contributed by atoms with E-state index >= 15 is 0 Å². The van der Waals surface area contributed by atoms with Crippen LogP contribution in [0.3, 0.4) is 0 Å². The molecule has 0 bridgehead atoms. The fraction of sp³-hybridized carbons (Fsp3) is 0.600. The lowest BCUT2D eigenvalue weighted by molar-refractivity contribution is 0.517. The molecule has 1 aromatic rings. The molecule has 1 atom stereocenters. The number of halogens is 1. The van der Waals surface area contributed by atoms with Gasteiger partial charge in [-0.05, 0) is 30.0 Å². The molecule has 5 heteroatoms. The summed E-state index contributed by atoms with van der Waals surface area (Å²) >= 11 is 3.48. The molecule has 0 amide bonds. The zero-order chi connectivity index (χ0) is 15.2. The molecule has 0 aliphatic heterocycles. The minimum absolute atomic E-state index is 0.218. The van der Waals surface area contributed by atoms with Gasteiger partial charge >= 0.3 is 0 Å². The summed E-state index contributed by atoms with van der Waals surface area (Å²) in [6.07, 6.45) is 0.659. The fourth-order valence-electron chi connectivity index (χ4n) is 1.99. The van der Waals surface area contributed by atoms with Crippen LogP contribution in [-0.2, 0) is 9.84 Å². The Morgan fingerprint density at radius 2 is 2.00 bits per heavy atom. The Balaban J connectivity index is 2.80. The van der Waals surface area contributed by atoms with Crippen molar-refractivity contribution in [2.75, 3.05) is 18.1 Å². The van der Waals surface area contributed by atoms with E-state index in [0.717, 1.165) is 11.0 Å². The van der Waals surface area contributed by atoms with Crippen molar-refractivity contribution in [3.05, 3.63) is 34.3 Å². The average Bonchev–Trinajstić information content (AvgIpc) is 2.38. The van der Waals surface area contributed by atoms with Crippen LogP contribution in [0, 0.1) is 0 Å². The summed E-state index contributed by atoms with van der Waals surface area (Å²) in [5, 5.41) is 3.41. The minimum atomic E-state index is -2.91. The zero-order valence-electron chi connectivity index (χ0n) is 12.4. The van der Waals surface area contributed by atoms with Crippen molar-refractivity contribution in [2.24, 2.45) is 0 Å². The predicted molar refractivity (Wildman–Crippen MR) is 89.0 cm³/mol. The van der Waals surface area contributed by atoms with Crippen molar-refractivity contribution < 1.29 is 8.42 Å². The fourth-order valence-corrected chi connectivity index (χ4v) is 3.34. The Bertz CT molecular complexity index is 514. The number of hydrogen-bond acceptors (Lipinski definition) is 3. The quantitative estimate of drug-likeness (QED) is 0.771. The lowest BCUT2D eigenvalue weighted by atomic mass is 9.96. The van der Waals surface area contributed by atoms with Crippen molar-refractivity contribution in [3.63, 3.8) is 0 Å². The van der Waals surface area contributed by atoms with Crippen LogP contribution in [0.15, 0.2) is 28.7 Å². The Labute approximate surface area is 131 Å². The van der Waals surface area contributed by atoms with Crippen LogP contribution in [0.4, 0.5) is 0 Å². The van der Waals surface area contributed by atoms with Gasteiger partial charge in [0.1, 0.15) is 9.84 Å². The van der Waals surface area contributed by atoms with Crippen LogP contribution < -0.4 is 5.32 Å². The van der Waals surface area contributed by atoms with Gasteiger partial charge in [-0.25, -0.2) is 8.42 Å². The predicted octanol–water partition coefficient (Wildman–Crippen LogP) is 3.36. The lowest BCUT2D eigenvalue weighted by Crippen LogP contribution is -2.29. The van der Waals surface area contributed by atoms with E-state index in [0.29, 0.717) is 12.5 Å². The monoisotopic (exact) mass is 361 g/mol. The summed E-state index contributed by atoms with van der Waals surface area (Å²) < 4.78 is 24.5. The highest BCUT2D eigenvalue weighted by atomic mass is 79.9. The van der Waals surface area contributed by atoms with Gasteiger partial charge < -0.3 is 5.32 Å². The number of rotatable bonds is 8. The second kappa shape index (κ2) is 8.15. The highest BCUT2D eigenvalue weighted by Crippen LogP contribution is 2.23. The van der Waals surface area contributed by atoms with E-state index < -0.39 is 9.84 Å². The van der Waals surface area contributed by atoms with Gasteiger partial charge in [-0.3, -0.25) is 0 Å². The maximum Gasteiger partial charge on any atom is 0.150 e. The SMILES string of the molecule is CCS(=O)(=O)CCC(CNC(C)C)c1cccc(Br)c1. The van der Waals surface area contributed by atoms with E-state index in [-0.39, 0.29) is 17.4 Å². The molecule has 3 nitrogen and oxygen atoms in total. The highest BCUT2D eigenvalue weighted by molar-refractivity contribution is 9.10. The molecule has 0 saturated heterocycles.